The number of nitrogens with one attached hydrogen (secondary N) is 1. The Morgan fingerprint density at radius 1 is 1.11 bits per heavy atom. The molecule has 4 rings (SSSR count). The number of hydrogen-bond donors (Lipinski definition) is 2. The lowest BCUT2D eigenvalue weighted by Crippen LogP contribution is -2.41. The zero-order valence-electron chi connectivity index (χ0n) is 16.7. The van der Waals surface area contributed by atoms with Crippen LogP contribution in [0.5, 0.6) is 0 Å². The van der Waals surface area contributed by atoms with E-state index in [-0.39, 0.29) is 11.7 Å². The van der Waals surface area contributed by atoms with Gasteiger partial charge < -0.3 is 14.8 Å². The lowest BCUT2D eigenvalue weighted by Gasteiger charge is -2.32. The van der Waals surface area contributed by atoms with Gasteiger partial charge in [0.25, 0.3) is 0 Å². The quantitative estimate of drug-likeness (QED) is 0.670. The number of anilines is 1. The highest BCUT2D eigenvalue weighted by Crippen LogP contribution is 2.32. The molecule has 2 aromatic carbocycles. The molecule has 0 radical (unpaired) electrons. The van der Waals surface area contributed by atoms with E-state index in [1.54, 1.807) is 0 Å². The van der Waals surface area contributed by atoms with Crippen molar-refractivity contribution >= 4 is 16.7 Å². The molecule has 146 valence electrons. The monoisotopic (exact) mass is 377 g/mol. The van der Waals surface area contributed by atoms with Crippen molar-refractivity contribution in [1.29, 1.82) is 0 Å². The van der Waals surface area contributed by atoms with Crippen LogP contribution in [0.1, 0.15) is 41.7 Å². The first-order valence-electron chi connectivity index (χ1n) is 10.1. The van der Waals surface area contributed by atoms with Crippen LogP contribution in [0.25, 0.3) is 11.0 Å². The number of aliphatic hydroxyl groups is 1. The largest absolute Gasteiger partial charge is 0.422 e. The van der Waals surface area contributed by atoms with E-state index < -0.39 is 6.10 Å². The topological polar surface area (TPSA) is 62.5 Å². The fourth-order valence-corrected chi connectivity index (χ4v) is 4.38. The van der Waals surface area contributed by atoms with Crippen molar-refractivity contribution in [2.45, 2.75) is 58.6 Å². The Bertz CT molecular complexity index is 1060. The molecule has 0 spiro atoms. The molecule has 0 saturated carbocycles. The molecule has 3 aromatic rings. The number of hydrogen-bond acceptors (Lipinski definition) is 4. The molecule has 1 aliphatic carbocycles. The minimum atomic E-state index is -0.490. The fourth-order valence-electron chi connectivity index (χ4n) is 4.38. The van der Waals surface area contributed by atoms with Gasteiger partial charge in [0.05, 0.1) is 12.1 Å². The molecule has 4 heteroatoms. The molecule has 0 unspecified atom stereocenters. The predicted molar refractivity (Wildman–Crippen MR) is 113 cm³/mol. The smallest absolute Gasteiger partial charge is 0.336 e. The van der Waals surface area contributed by atoms with Crippen LogP contribution in [-0.4, -0.2) is 17.3 Å². The Balaban J connectivity index is 1.76. The molecule has 0 saturated heterocycles. The molecule has 0 bridgehead atoms. The van der Waals surface area contributed by atoms with E-state index in [4.69, 9.17) is 4.42 Å². The second-order valence-corrected chi connectivity index (χ2v) is 7.71. The summed E-state index contributed by atoms with van der Waals surface area (Å²) in [5, 5.41) is 15.4. The Hall–Kier alpha value is -2.59. The Kier molecular flexibility index (Phi) is 4.98. The molecule has 1 aromatic heterocycles. The molecule has 0 aliphatic heterocycles. The third-order valence-corrected chi connectivity index (χ3v) is 5.97. The molecule has 0 amide bonds. The third-order valence-electron chi connectivity index (χ3n) is 5.97. The van der Waals surface area contributed by atoms with E-state index in [1.807, 2.05) is 13.0 Å². The van der Waals surface area contributed by atoms with E-state index in [0.717, 1.165) is 40.6 Å². The average Bonchev–Trinajstić information content (AvgIpc) is 2.68. The molecule has 1 aliphatic rings. The summed E-state index contributed by atoms with van der Waals surface area (Å²) in [5.74, 6) is 0. The zero-order chi connectivity index (χ0) is 19.8. The summed E-state index contributed by atoms with van der Waals surface area (Å²) in [7, 11) is 0. The van der Waals surface area contributed by atoms with Gasteiger partial charge >= 0.3 is 5.63 Å². The van der Waals surface area contributed by atoms with Gasteiger partial charge in [0.15, 0.2) is 0 Å². The lowest BCUT2D eigenvalue weighted by atomic mass is 9.84. The Morgan fingerprint density at radius 3 is 2.50 bits per heavy atom. The number of para-hydroxylation sites is 1. The van der Waals surface area contributed by atoms with E-state index in [9.17, 15) is 9.90 Å². The second kappa shape index (κ2) is 7.44. The van der Waals surface area contributed by atoms with Gasteiger partial charge in [-0.3, -0.25) is 0 Å². The first-order chi connectivity index (χ1) is 13.5. The van der Waals surface area contributed by atoms with Crippen molar-refractivity contribution in [3.8, 4) is 0 Å². The normalized spacial score (nSPS) is 18.9. The van der Waals surface area contributed by atoms with Gasteiger partial charge in [0.1, 0.15) is 5.58 Å². The maximum absolute atomic E-state index is 12.0. The number of aliphatic hydroxyl groups excluding tert-OH is 1. The molecular formula is C24H27NO3. The molecule has 4 nitrogen and oxygen atoms in total. The van der Waals surface area contributed by atoms with Gasteiger partial charge in [-0.15, -0.1) is 0 Å². The van der Waals surface area contributed by atoms with Gasteiger partial charge in [-0.2, -0.15) is 0 Å². The summed E-state index contributed by atoms with van der Waals surface area (Å²) in [6, 6.07) is 11.8. The zero-order valence-corrected chi connectivity index (χ0v) is 16.7. The van der Waals surface area contributed by atoms with E-state index in [0.29, 0.717) is 18.4 Å². The van der Waals surface area contributed by atoms with Crippen LogP contribution in [0, 0.1) is 6.92 Å². The third kappa shape index (κ3) is 3.22. The van der Waals surface area contributed by atoms with Crippen molar-refractivity contribution in [2.75, 3.05) is 5.32 Å². The first kappa shape index (κ1) is 18.8. The van der Waals surface area contributed by atoms with Gasteiger partial charge in [-0.05, 0) is 48.4 Å². The van der Waals surface area contributed by atoms with Crippen molar-refractivity contribution in [3.05, 3.63) is 74.6 Å². The van der Waals surface area contributed by atoms with Crippen LogP contribution in [0.2, 0.25) is 0 Å². The number of benzene rings is 2. The maximum atomic E-state index is 12.0. The molecule has 28 heavy (non-hydrogen) atoms. The van der Waals surface area contributed by atoms with Crippen LogP contribution in [0.4, 0.5) is 5.69 Å². The van der Waals surface area contributed by atoms with Gasteiger partial charge in [-0.1, -0.05) is 44.2 Å². The van der Waals surface area contributed by atoms with Crippen molar-refractivity contribution in [2.24, 2.45) is 0 Å². The number of aryl methyl sites for hydroxylation is 3. The summed E-state index contributed by atoms with van der Waals surface area (Å²) in [5.41, 5.74) is 7.03. The van der Waals surface area contributed by atoms with Crippen LogP contribution < -0.4 is 10.9 Å². The van der Waals surface area contributed by atoms with Crippen molar-refractivity contribution in [3.63, 3.8) is 0 Å². The number of fused-ring (bicyclic) bond motifs is 3. The minimum absolute atomic E-state index is 0.123. The van der Waals surface area contributed by atoms with Crippen LogP contribution in [-0.2, 0) is 25.7 Å². The first-order valence-corrected chi connectivity index (χ1v) is 10.1. The average molecular weight is 377 g/mol. The van der Waals surface area contributed by atoms with Gasteiger partial charge in [0.2, 0.25) is 0 Å². The predicted octanol–water partition coefficient (Wildman–Crippen LogP) is 4.17. The summed E-state index contributed by atoms with van der Waals surface area (Å²) in [4.78, 5) is 12.0. The SMILES string of the molecule is CCc1cccc(CC)c1N[C@H]1Cc2c(ccc3c(C)cc(=O)oc23)C[C@@H]1O. The summed E-state index contributed by atoms with van der Waals surface area (Å²) in [6.07, 6.45) is 2.56. The molecule has 2 N–H and O–H groups in total. The highest BCUT2D eigenvalue weighted by molar-refractivity contribution is 5.84. The maximum Gasteiger partial charge on any atom is 0.336 e. The Labute approximate surface area is 165 Å². The van der Waals surface area contributed by atoms with E-state index in [1.165, 1.54) is 17.2 Å². The number of rotatable bonds is 4. The highest BCUT2D eigenvalue weighted by atomic mass is 16.4. The van der Waals surface area contributed by atoms with Crippen LogP contribution in [0.15, 0.2) is 45.6 Å². The lowest BCUT2D eigenvalue weighted by molar-refractivity contribution is 0.145. The minimum Gasteiger partial charge on any atom is -0.422 e. The molecular weight excluding hydrogens is 350 g/mol. The van der Waals surface area contributed by atoms with Crippen LogP contribution >= 0.6 is 0 Å². The van der Waals surface area contributed by atoms with E-state index in [2.05, 4.69) is 43.4 Å². The molecule has 2 atom stereocenters. The van der Waals surface area contributed by atoms with E-state index >= 15 is 0 Å². The molecule has 1 heterocycles. The van der Waals surface area contributed by atoms with Gasteiger partial charge in [0, 0.05) is 29.1 Å². The Morgan fingerprint density at radius 2 is 1.82 bits per heavy atom. The van der Waals surface area contributed by atoms with Crippen molar-refractivity contribution in [1.82, 2.24) is 0 Å². The summed E-state index contributed by atoms with van der Waals surface area (Å²) >= 11 is 0. The molecule has 0 fully saturated rings. The highest BCUT2D eigenvalue weighted by Gasteiger charge is 2.30. The summed E-state index contributed by atoms with van der Waals surface area (Å²) in [6.45, 7) is 6.24. The fraction of sp³-hybridized carbons (Fsp3) is 0.375. The van der Waals surface area contributed by atoms with Crippen LogP contribution in [0.3, 0.4) is 0 Å². The summed E-state index contributed by atoms with van der Waals surface area (Å²) < 4.78 is 5.60. The second-order valence-electron chi connectivity index (χ2n) is 7.71. The standard InChI is InChI=1S/C24H27NO3/c1-4-15-7-6-8-16(5-2)23(15)25-20-13-19-17(12-21(20)26)9-10-18-14(3)11-22(27)28-24(18)19/h6-11,20-21,25-26H,4-5,12-13H2,1-3H3/t20-,21-/m0/s1. The van der Waals surface area contributed by atoms with Crippen molar-refractivity contribution < 1.29 is 9.52 Å². The van der Waals surface area contributed by atoms with Gasteiger partial charge in [-0.25, -0.2) is 4.79 Å².